The number of benzene rings is 3. The van der Waals surface area contributed by atoms with Crippen molar-refractivity contribution < 1.29 is 22.7 Å². The van der Waals surface area contributed by atoms with Gasteiger partial charge in [-0.1, -0.05) is 18.2 Å². The topological polar surface area (TPSA) is 135 Å². The molecule has 0 saturated heterocycles. The van der Waals surface area contributed by atoms with Crippen LogP contribution in [0.2, 0.25) is 0 Å². The number of hydrogen-bond donors (Lipinski definition) is 3. The van der Waals surface area contributed by atoms with Gasteiger partial charge in [-0.25, -0.2) is 18.4 Å². The fourth-order valence-corrected chi connectivity index (χ4v) is 4.66. The Bertz CT molecular complexity index is 1580. The van der Waals surface area contributed by atoms with E-state index in [-0.39, 0.29) is 29.0 Å². The molecule has 4 rings (SSSR count). The molecule has 11 nitrogen and oxygen atoms in total. The lowest BCUT2D eigenvalue weighted by Crippen LogP contribution is -2.27. The summed E-state index contributed by atoms with van der Waals surface area (Å²) in [5.74, 6) is 0.956. The van der Waals surface area contributed by atoms with Crippen LogP contribution in [0.15, 0.2) is 71.6 Å². The first-order valence-corrected chi connectivity index (χ1v) is 13.0. The maximum atomic E-state index is 13.4. The van der Waals surface area contributed by atoms with Gasteiger partial charge in [-0.15, -0.1) is 0 Å². The lowest BCUT2D eigenvalue weighted by atomic mass is 10.2. The van der Waals surface area contributed by atoms with E-state index in [0.717, 1.165) is 0 Å². The van der Waals surface area contributed by atoms with Crippen LogP contribution in [-0.4, -0.2) is 64.1 Å². The van der Waals surface area contributed by atoms with Gasteiger partial charge in [0.2, 0.25) is 5.91 Å². The van der Waals surface area contributed by atoms with E-state index in [4.69, 9.17) is 9.47 Å². The van der Waals surface area contributed by atoms with Gasteiger partial charge in [0.1, 0.15) is 11.5 Å². The number of para-hydroxylation sites is 2. The van der Waals surface area contributed by atoms with Gasteiger partial charge >= 0.3 is 0 Å². The number of likely N-dealkylation sites (N-methyl/N-ethyl adjacent to an activating group) is 1. The van der Waals surface area contributed by atoms with E-state index >= 15 is 0 Å². The summed E-state index contributed by atoms with van der Waals surface area (Å²) in [5.41, 5.74) is 1.95. The Morgan fingerprint density at radius 2 is 1.61 bits per heavy atom. The molecule has 0 aliphatic carbocycles. The molecular formula is C26H28N6O5S. The number of aromatic nitrogens is 2. The lowest BCUT2D eigenvalue weighted by Gasteiger charge is -2.16. The average Bonchev–Trinajstić information content (AvgIpc) is 2.88. The van der Waals surface area contributed by atoms with Crippen molar-refractivity contribution in [3.8, 4) is 11.5 Å². The summed E-state index contributed by atoms with van der Waals surface area (Å²) >= 11 is 0. The first kappa shape index (κ1) is 26.6. The number of rotatable bonds is 10. The first-order valence-electron chi connectivity index (χ1n) is 11.5. The van der Waals surface area contributed by atoms with Crippen LogP contribution < -0.4 is 24.8 Å². The van der Waals surface area contributed by atoms with Crippen LogP contribution >= 0.6 is 0 Å². The maximum Gasteiger partial charge on any atom is 0.263 e. The van der Waals surface area contributed by atoms with Crippen LogP contribution in [0, 0.1) is 0 Å². The number of anilines is 4. The van der Waals surface area contributed by atoms with Crippen molar-refractivity contribution in [1.29, 1.82) is 0 Å². The van der Waals surface area contributed by atoms with Crippen LogP contribution in [0.25, 0.3) is 11.0 Å². The molecule has 3 N–H and O–H groups in total. The minimum Gasteiger partial charge on any atom is -0.497 e. The van der Waals surface area contributed by atoms with Gasteiger partial charge in [0.15, 0.2) is 11.6 Å². The molecule has 0 spiro atoms. The summed E-state index contributed by atoms with van der Waals surface area (Å²) in [5, 5.41) is 5.83. The highest BCUT2D eigenvalue weighted by molar-refractivity contribution is 7.92. The average molecular weight is 537 g/mol. The molecule has 0 saturated carbocycles. The van der Waals surface area contributed by atoms with Gasteiger partial charge in [-0.3, -0.25) is 9.52 Å². The Morgan fingerprint density at radius 3 is 2.26 bits per heavy atom. The molecule has 0 fully saturated rings. The molecule has 1 aromatic heterocycles. The Balaban J connectivity index is 1.70. The molecule has 0 atom stereocenters. The molecule has 0 bridgehead atoms. The maximum absolute atomic E-state index is 13.4. The molecular weight excluding hydrogens is 508 g/mol. The van der Waals surface area contributed by atoms with Crippen LogP contribution in [0.3, 0.4) is 0 Å². The molecule has 3 aromatic carbocycles. The zero-order chi connectivity index (χ0) is 27.3. The predicted molar refractivity (Wildman–Crippen MR) is 147 cm³/mol. The van der Waals surface area contributed by atoms with Crippen LogP contribution in [0.4, 0.5) is 23.0 Å². The number of nitrogens with zero attached hydrogens (tertiary/aromatic N) is 3. The zero-order valence-electron chi connectivity index (χ0n) is 21.3. The third-order valence-electron chi connectivity index (χ3n) is 5.35. The largest absolute Gasteiger partial charge is 0.497 e. The molecule has 38 heavy (non-hydrogen) atoms. The van der Waals surface area contributed by atoms with E-state index in [0.29, 0.717) is 33.9 Å². The van der Waals surface area contributed by atoms with Gasteiger partial charge in [0.25, 0.3) is 10.0 Å². The van der Waals surface area contributed by atoms with Gasteiger partial charge in [0.05, 0.1) is 42.4 Å². The summed E-state index contributed by atoms with van der Waals surface area (Å²) in [6.07, 6.45) is 0. The van der Waals surface area contributed by atoms with Gasteiger partial charge < -0.3 is 25.0 Å². The number of carbonyl (C=O) groups is 1. The quantitative estimate of drug-likeness (QED) is 0.277. The SMILES string of the molecule is COc1ccc(Nc2nc3ccccc3nc2NS(=O)(=O)c2cccc(NC(=O)CN(C)C)c2)c(OC)c1. The second kappa shape index (κ2) is 11.3. The Kier molecular flexibility index (Phi) is 7.93. The molecule has 198 valence electrons. The van der Waals surface area contributed by atoms with Crippen LogP contribution in [-0.2, 0) is 14.8 Å². The van der Waals surface area contributed by atoms with Crippen molar-refractivity contribution in [1.82, 2.24) is 14.9 Å². The number of carbonyl (C=O) groups excluding carboxylic acids is 1. The van der Waals surface area contributed by atoms with E-state index in [1.807, 2.05) is 6.07 Å². The smallest absolute Gasteiger partial charge is 0.263 e. The minimum atomic E-state index is -4.11. The number of nitrogens with one attached hydrogen (secondary N) is 3. The van der Waals surface area contributed by atoms with E-state index in [1.54, 1.807) is 74.6 Å². The number of methoxy groups -OCH3 is 2. The second-order valence-electron chi connectivity index (χ2n) is 8.52. The number of amides is 1. The molecule has 0 radical (unpaired) electrons. The summed E-state index contributed by atoms with van der Waals surface area (Å²) < 4.78 is 40.0. The third-order valence-corrected chi connectivity index (χ3v) is 6.69. The van der Waals surface area contributed by atoms with Gasteiger partial charge in [-0.2, -0.15) is 0 Å². The summed E-state index contributed by atoms with van der Waals surface area (Å²) in [7, 11) is 2.48. The zero-order valence-corrected chi connectivity index (χ0v) is 22.2. The highest BCUT2D eigenvalue weighted by Gasteiger charge is 2.21. The first-order chi connectivity index (χ1) is 18.2. The Morgan fingerprint density at radius 1 is 0.895 bits per heavy atom. The van der Waals surface area contributed by atoms with Gasteiger partial charge in [-0.05, 0) is 56.6 Å². The monoisotopic (exact) mass is 536 g/mol. The van der Waals surface area contributed by atoms with Crippen molar-refractivity contribution in [3.05, 3.63) is 66.7 Å². The van der Waals surface area contributed by atoms with Crippen molar-refractivity contribution in [3.63, 3.8) is 0 Å². The molecule has 12 heteroatoms. The number of hydrogen-bond acceptors (Lipinski definition) is 9. The highest BCUT2D eigenvalue weighted by Crippen LogP contribution is 2.34. The predicted octanol–water partition coefficient (Wildman–Crippen LogP) is 3.69. The summed E-state index contributed by atoms with van der Waals surface area (Å²) in [6, 6.07) is 18.2. The molecule has 0 aliphatic heterocycles. The van der Waals surface area contributed by atoms with E-state index in [1.165, 1.54) is 19.2 Å². The summed E-state index contributed by atoms with van der Waals surface area (Å²) in [6.45, 7) is 0.158. The van der Waals surface area contributed by atoms with E-state index < -0.39 is 10.0 Å². The third kappa shape index (κ3) is 6.28. The lowest BCUT2D eigenvalue weighted by molar-refractivity contribution is -0.116. The van der Waals surface area contributed by atoms with E-state index in [9.17, 15) is 13.2 Å². The molecule has 0 unspecified atom stereocenters. The number of sulfonamides is 1. The van der Waals surface area contributed by atoms with Crippen molar-refractivity contribution in [2.45, 2.75) is 4.90 Å². The van der Waals surface area contributed by atoms with Gasteiger partial charge in [0, 0.05) is 11.8 Å². The fourth-order valence-electron chi connectivity index (χ4n) is 3.60. The standard InChI is InChI=1S/C26H28N6O5S/c1-32(2)16-24(33)27-17-8-7-9-19(14-17)38(34,35)31-26-25(28-20-10-5-6-11-21(20)29-26)30-22-13-12-18(36-3)15-23(22)37-4/h5-15H,16H2,1-4H3,(H,27,33)(H,28,30)(H,29,31). The molecule has 1 heterocycles. The minimum absolute atomic E-state index is 0.0105. The molecule has 0 aliphatic rings. The molecule has 1 amide bonds. The van der Waals surface area contributed by atoms with Crippen LogP contribution in [0.1, 0.15) is 0 Å². The normalized spacial score (nSPS) is 11.3. The Labute approximate surface area is 220 Å². The fraction of sp³-hybridized carbons (Fsp3) is 0.192. The van der Waals surface area contributed by atoms with Crippen LogP contribution in [0.5, 0.6) is 11.5 Å². The van der Waals surface area contributed by atoms with Crippen molar-refractivity contribution in [2.24, 2.45) is 0 Å². The number of ether oxygens (including phenoxy) is 2. The van der Waals surface area contributed by atoms with Crippen molar-refractivity contribution >= 4 is 50.0 Å². The Hall–Kier alpha value is -4.42. The highest BCUT2D eigenvalue weighted by atomic mass is 32.2. The van der Waals surface area contributed by atoms with E-state index in [2.05, 4.69) is 25.3 Å². The molecule has 4 aromatic rings. The van der Waals surface area contributed by atoms with Crippen molar-refractivity contribution in [2.75, 3.05) is 50.2 Å². The summed E-state index contributed by atoms with van der Waals surface area (Å²) in [4.78, 5) is 22.9. The number of fused-ring (bicyclic) bond motifs is 1. The second-order valence-corrected chi connectivity index (χ2v) is 10.2.